The number of hydrogen-bond acceptors (Lipinski definition) is 2. The minimum Gasteiger partial charge on any atom is -0.390 e. The fourth-order valence-electron chi connectivity index (χ4n) is 1.72. The summed E-state index contributed by atoms with van der Waals surface area (Å²) < 4.78 is 13.2. The highest BCUT2D eigenvalue weighted by Gasteiger charge is 2.22. The van der Waals surface area contributed by atoms with Gasteiger partial charge in [0.1, 0.15) is 5.82 Å². The third-order valence-electron chi connectivity index (χ3n) is 2.69. The van der Waals surface area contributed by atoms with Gasteiger partial charge in [-0.2, -0.15) is 0 Å². The molecule has 0 fully saturated rings. The topological polar surface area (TPSA) is 32.3 Å². The van der Waals surface area contributed by atoms with Gasteiger partial charge in [-0.1, -0.05) is 30.7 Å². The summed E-state index contributed by atoms with van der Waals surface area (Å²) in [5.74, 6) is -0.438. The van der Waals surface area contributed by atoms with Gasteiger partial charge in [-0.15, -0.1) is 0 Å². The molecule has 0 aromatic heterocycles. The third kappa shape index (κ3) is 4.62. The number of halogens is 2. The second kappa shape index (κ2) is 6.34. The summed E-state index contributed by atoms with van der Waals surface area (Å²) in [6.45, 7) is 5.36. The lowest BCUT2D eigenvalue weighted by molar-refractivity contribution is 0.0516. The van der Waals surface area contributed by atoms with Crippen LogP contribution in [0, 0.1) is 5.82 Å². The van der Waals surface area contributed by atoms with E-state index in [2.05, 4.69) is 5.32 Å². The second-order valence-electron chi connectivity index (χ2n) is 4.49. The fraction of sp³-hybridized carbons (Fsp3) is 0.538. The molecule has 1 aromatic rings. The number of benzene rings is 1. The molecule has 0 aliphatic rings. The van der Waals surface area contributed by atoms with Gasteiger partial charge in [0.15, 0.2) is 0 Å². The number of nitrogens with one attached hydrogen (secondary N) is 1. The normalized spacial score (nSPS) is 14.6. The Hall–Kier alpha value is -0.640. The van der Waals surface area contributed by atoms with Gasteiger partial charge >= 0.3 is 0 Å². The molecule has 17 heavy (non-hydrogen) atoms. The molecule has 2 nitrogen and oxygen atoms in total. The molecule has 0 radical (unpaired) electrons. The summed E-state index contributed by atoms with van der Waals surface area (Å²) in [7, 11) is 0. The summed E-state index contributed by atoms with van der Waals surface area (Å²) in [5, 5.41) is 13.4. The van der Waals surface area contributed by atoms with E-state index in [-0.39, 0.29) is 5.02 Å². The van der Waals surface area contributed by atoms with Crippen LogP contribution in [-0.2, 0) is 6.42 Å². The van der Waals surface area contributed by atoms with Crippen LogP contribution < -0.4 is 5.32 Å². The van der Waals surface area contributed by atoms with Gasteiger partial charge in [0.25, 0.3) is 0 Å². The lowest BCUT2D eigenvalue weighted by Gasteiger charge is -2.24. The van der Waals surface area contributed by atoms with Crippen molar-refractivity contribution < 1.29 is 9.50 Å². The molecule has 0 bridgehead atoms. The van der Waals surface area contributed by atoms with Crippen molar-refractivity contribution in [2.24, 2.45) is 0 Å². The number of rotatable bonds is 6. The Bertz CT molecular complexity index is 368. The van der Waals surface area contributed by atoms with Crippen molar-refractivity contribution in [2.45, 2.75) is 32.3 Å². The van der Waals surface area contributed by atoms with Gasteiger partial charge in [-0.25, -0.2) is 4.39 Å². The summed E-state index contributed by atoms with van der Waals surface area (Å²) in [4.78, 5) is 0. The standard InChI is InChI=1S/C13H19ClFNO/c1-3-16-8-7-13(2,17)9-10-5-4-6-11(15)12(10)14/h4-6,16-17H,3,7-9H2,1-2H3. The Morgan fingerprint density at radius 1 is 1.47 bits per heavy atom. The Balaban J connectivity index is 2.65. The molecule has 96 valence electrons. The lowest BCUT2D eigenvalue weighted by Crippen LogP contribution is -2.32. The number of aliphatic hydroxyl groups is 1. The molecular weight excluding hydrogens is 241 g/mol. The molecule has 0 amide bonds. The second-order valence-corrected chi connectivity index (χ2v) is 4.87. The van der Waals surface area contributed by atoms with Gasteiger partial charge in [0, 0.05) is 6.42 Å². The largest absolute Gasteiger partial charge is 0.390 e. The molecule has 1 aromatic carbocycles. The third-order valence-corrected chi connectivity index (χ3v) is 3.12. The van der Waals surface area contributed by atoms with Crippen LogP contribution >= 0.6 is 11.6 Å². The van der Waals surface area contributed by atoms with Crippen molar-refractivity contribution >= 4 is 11.6 Å². The monoisotopic (exact) mass is 259 g/mol. The van der Waals surface area contributed by atoms with Gasteiger partial charge in [-0.3, -0.25) is 0 Å². The molecule has 0 saturated heterocycles. The van der Waals surface area contributed by atoms with Crippen LogP contribution in [0.3, 0.4) is 0 Å². The average molecular weight is 260 g/mol. The van der Waals surface area contributed by atoms with E-state index in [1.807, 2.05) is 6.92 Å². The highest BCUT2D eigenvalue weighted by atomic mass is 35.5. The van der Waals surface area contributed by atoms with Gasteiger partial charge in [-0.05, 0) is 38.1 Å². The first-order valence-corrected chi connectivity index (χ1v) is 6.20. The summed E-state index contributed by atoms with van der Waals surface area (Å²) in [6.07, 6.45) is 0.961. The quantitative estimate of drug-likeness (QED) is 0.770. The molecule has 0 aliphatic carbocycles. The van der Waals surface area contributed by atoms with E-state index in [9.17, 15) is 9.50 Å². The van der Waals surface area contributed by atoms with Crippen LogP contribution in [0.2, 0.25) is 5.02 Å². The lowest BCUT2D eigenvalue weighted by atomic mass is 9.93. The van der Waals surface area contributed by atoms with Crippen LogP contribution in [0.15, 0.2) is 18.2 Å². The molecule has 0 heterocycles. The van der Waals surface area contributed by atoms with E-state index >= 15 is 0 Å². The van der Waals surface area contributed by atoms with Gasteiger partial charge < -0.3 is 10.4 Å². The van der Waals surface area contributed by atoms with E-state index in [4.69, 9.17) is 11.6 Å². The SMILES string of the molecule is CCNCCC(C)(O)Cc1cccc(F)c1Cl. The molecule has 0 saturated carbocycles. The predicted molar refractivity (Wildman–Crippen MR) is 68.9 cm³/mol. The Morgan fingerprint density at radius 3 is 2.82 bits per heavy atom. The van der Waals surface area contributed by atoms with Crippen molar-refractivity contribution in [3.05, 3.63) is 34.6 Å². The molecular formula is C13H19ClFNO. The fourth-order valence-corrected chi connectivity index (χ4v) is 1.91. The maximum absolute atomic E-state index is 13.2. The molecule has 0 aliphatic heterocycles. The Labute approximate surface area is 107 Å². The van der Waals surface area contributed by atoms with Crippen molar-refractivity contribution in [3.63, 3.8) is 0 Å². The molecule has 0 spiro atoms. The van der Waals surface area contributed by atoms with E-state index in [0.717, 1.165) is 13.1 Å². The minimum absolute atomic E-state index is 0.108. The van der Waals surface area contributed by atoms with E-state index in [1.165, 1.54) is 6.07 Å². The summed E-state index contributed by atoms with van der Waals surface area (Å²) in [5.41, 5.74) is -0.229. The average Bonchev–Trinajstić information content (AvgIpc) is 2.25. The van der Waals surface area contributed by atoms with Crippen molar-refractivity contribution in [1.29, 1.82) is 0 Å². The van der Waals surface area contributed by atoms with Crippen molar-refractivity contribution in [3.8, 4) is 0 Å². The highest BCUT2D eigenvalue weighted by Crippen LogP contribution is 2.25. The first-order valence-electron chi connectivity index (χ1n) is 5.82. The van der Waals surface area contributed by atoms with Crippen LogP contribution in [0.1, 0.15) is 25.8 Å². The predicted octanol–water partition coefficient (Wildman–Crippen LogP) is 2.77. The number of hydrogen-bond donors (Lipinski definition) is 2. The summed E-state index contributed by atoms with van der Waals surface area (Å²) >= 11 is 5.86. The van der Waals surface area contributed by atoms with Crippen LogP contribution in [0.25, 0.3) is 0 Å². The zero-order valence-corrected chi connectivity index (χ0v) is 11.0. The summed E-state index contributed by atoms with van der Waals surface area (Å²) in [6, 6.07) is 4.67. The van der Waals surface area contributed by atoms with Crippen LogP contribution in [0.5, 0.6) is 0 Å². The van der Waals surface area contributed by atoms with Crippen molar-refractivity contribution in [1.82, 2.24) is 5.32 Å². The maximum atomic E-state index is 13.2. The van der Waals surface area contributed by atoms with E-state index < -0.39 is 11.4 Å². The highest BCUT2D eigenvalue weighted by molar-refractivity contribution is 6.31. The zero-order valence-electron chi connectivity index (χ0n) is 10.3. The van der Waals surface area contributed by atoms with Crippen LogP contribution in [-0.4, -0.2) is 23.8 Å². The smallest absolute Gasteiger partial charge is 0.142 e. The molecule has 1 unspecified atom stereocenters. The minimum atomic E-state index is -0.875. The Kier molecular flexibility index (Phi) is 5.37. The Morgan fingerprint density at radius 2 is 2.18 bits per heavy atom. The van der Waals surface area contributed by atoms with Gasteiger partial charge in [0.2, 0.25) is 0 Å². The van der Waals surface area contributed by atoms with E-state index in [0.29, 0.717) is 18.4 Å². The molecule has 2 N–H and O–H groups in total. The molecule has 1 rings (SSSR count). The molecule has 1 atom stereocenters. The first kappa shape index (κ1) is 14.4. The van der Waals surface area contributed by atoms with Crippen molar-refractivity contribution in [2.75, 3.05) is 13.1 Å². The van der Waals surface area contributed by atoms with Crippen LogP contribution in [0.4, 0.5) is 4.39 Å². The van der Waals surface area contributed by atoms with Gasteiger partial charge in [0.05, 0.1) is 10.6 Å². The molecule has 4 heteroatoms. The maximum Gasteiger partial charge on any atom is 0.142 e. The first-order chi connectivity index (χ1) is 7.96. The van der Waals surface area contributed by atoms with E-state index in [1.54, 1.807) is 19.1 Å². The zero-order chi connectivity index (χ0) is 12.9.